The highest BCUT2D eigenvalue weighted by Crippen LogP contribution is 2.25. The second kappa shape index (κ2) is 27.6. The van der Waals surface area contributed by atoms with Gasteiger partial charge in [0.25, 0.3) is 0 Å². The molecular weight excluding hydrogens is 991 g/mol. The van der Waals surface area contributed by atoms with Crippen LogP contribution in [0.2, 0.25) is 0 Å². The number of amides is 1. The van der Waals surface area contributed by atoms with Gasteiger partial charge >= 0.3 is 18.0 Å². The van der Waals surface area contributed by atoms with Crippen molar-refractivity contribution in [3.63, 3.8) is 0 Å². The van der Waals surface area contributed by atoms with E-state index in [-0.39, 0.29) is 51.6 Å². The van der Waals surface area contributed by atoms with Crippen molar-refractivity contribution in [1.82, 2.24) is 50.3 Å². The molecule has 1 amide bonds. The molecule has 0 atom stereocenters. The number of nitrogens with zero attached hydrogens (tertiary/aromatic N) is 9. The first-order valence-corrected chi connectivity index (χ1v) is 24.3. The van der Waals surface area contributed by atoms with Crippen LogP contribution in [0.4, 0.5) is 4.79 Å². The molecule has 0 aliphatic heterocycles. The molecule has 0 aliphatic rings. The molecule has 1 aromatic carbocycles. The van der Waals surface area contributed by atoms with Gasteiger partial charge in [0, 0.05) is 42.7 Å². The first-order chi connectivity index (χ1) is 32.1. The predicted molar refractivity (Wildman–Crippen MR) is 259 cm³/mol. The lowest BCUT2D eigenvalue weighted by molar-refractivity contribution is -0.156. The zero-order chi connectivity index (χ0) is 49.6. The number of aromatic nitrogens is 9. The molecule has 0 unspecified atom stereocenters. The van der Waals surface area contributed by atoms with Crippen LogP contribution in [-0.4, -0.2) is 113 Å². The SMILES string of the molecule is CC(C)(C)OC(=O)CCCCn1cc(COCC(COCc2ccc(I)cc2)(COCc2cn(CCCCC(=O)OC(C)(C)C)nn2)Cn2cc(COCCCNC(=O)OC(C)(C)C)nn2)nn1. The Kier molecular flexibility index (Phi) is 22.7. The van der Waals surface area contributed by atoms with E-state index in [9.17, 15) is 14.4 Å². The zero-order valence-corrected chi connectivity index (χ0v) is 43.6. The van der Waals surface area contributed by atoms with Crippen LogP contribution in [0, 0.1) is 8.99 Å². The van der Waals surface area contributed by atoms with Gasteiger partial charge in [0.1, 0.15) is 33.9 Å². The van der Waals surface area contributed by atoms with Gasteiger partial charge in [-0.15, -0.1) is 15.3 Å². The highest BCUT2D eigenvalue weighted by Gasteiger charge is 2.34. The van der Waals surface area contributed by atoms with Gasteiger partial charge in [-0.25, -0.2) is 4.79 Å². The average Bonchev–Trinajstić information content (AvgIpc) is 4.00. The normalized spacial score (nSPS) is 12.3. The molecule has 68 heavy (non-hydrogen) atoms. The maximum atomic E-state index is 12.2. The number of aryl methyl sites for hydroxylation is 2. The van der Waals surface area contributed by atoms with E-state index >= 15 is 0 Å². The van der Waals surface area contributed by atoms with Crippen LogP contribution in [0.5, 0.6) is 0 Å². The van der Waals surface area contributed by atoms with Crippen LogP contribution in [-0.2, 0) is 88.8 Å². The summed E-state index contributed by atoms with van der Waals surface area (Å²) in [5.74, 6) is -0.431. The Labute approximate surface area is 414 Å². The van der Waals surface area contributed by atoms with Crippen molar-refractivity contribution in [2.45, 2.75) is 170 Å². The molecule has 0 radical (unpaired) electrons. The van der Waals surface area contributed by atoms with Gasteiger partial charge in [-0.1, -0.05) is 27.8 Å². The minimum Gasteiger partial charge on any atom is -0.460 e. The van der Waals surface area contributed by atoms with E-state index in [1.165, 1.54) is 0 Å². The quantitative estimate of drug-likeness (QED) is 0.0237. The maximum Gasteiger partial charge on any atom is 0.407 e. The standard InChI is InChI=1S/C47H73IN10O10/c1-44(2,3)66-41(59)15-10-12-22-56-25-38(50-53-56)30-64-34-47(33-63-28-36-17-19-37(48)20-18-36,32-58-27-40(52-55-58)29-62-24-14-21-49-43(61)68-46(7,8)9)35-65-31-39-26-57(54-51-39)23-13-11-16-42(60)67-45(4,5)6/h17-20,25-27H,10-16,21-24,28-35H2,1-9H3,(H,49,61). The van der Waals surface area contributed by atoms with E-state index in [0.29, 0.717) is 88.6 Å². The van der Waals surface area contributed by atoms with Crippen LogP contribution in [0.25, 0.3) is 0 Å². The summed E-state index contributed by atoms with van der Waals surface area (Å²) in [6.07, 6.45) is 9.12. The fourth-order valence-corrected chi connectivity index (χ4v) is 6.91. The predicted octanol–water partition coefficient (Wildman–Crippen LogP) is 7.16. The van der Waals surface area contributed by atoms with E-state index in [1.54, 1.807) is 14.0 Å². The fraction of sp³-hybridized carbons (Fsp3) is 0.681. The van der Waals surface area contributed by atoms with Crippen LogP contribution in [0.15, 0.2) is 42.9 Å². The molecule has 4 aromatic rings. The molecule has 21 heteroatoms. The number of carbonyl (C=O) groups excluding carboxylic acids is 3. The third-order valence-corrected chi connectivity index (χ3v) is 10.1. The molecule has 3 heterocycles. The van der Waals surface area contributed by atoms with Crippen molar-refractivity contribution in [3.05, 3.63) is 69.1 Å². The molecule has 0 saturated carbocycles. The van der Waals surface area contributed by atoms with Crippen LogP contribution in [0.3, 0.4) is 0 Å². The van der Waals surface area contributed by atoms with Crippen molar-refractivity contribution < 1.29 is 47.5 Å². The number of alkyl carbamates (subject to hydrolysis) is 1. The van der Waals surface area contributed by atoms with Crippen LogP contribution < -0.4 is 5.32 Å². The summed E-state index contributed by atoms with van der Waals surface area (Å²) in [4.78, 5) is 36.3. The van der Waals surface area contributed by atoms with Crippen LogP contribution in [0.1, 0.15) is 130 Å². The van der Waals surface area contributed by atoms with E-state index in [0.717, 1.165) is 22.0 Å². The minimum atomic E-state index is -0.780. The van der Waals surface area contributed by atoms with Gasteiger partial charge < -0.3 is 38.5 Å². The molecule has 0 aliphatic carbocycles. The summed E-state index contributed by atoms with van der Waals surface area (Å²) in [6, 6.07) is 8.15. The number of carbonyl (C=O) groups is 3. The van der Waals surface area contributed by atoms with Crippen LogP contribution >= 0.6 is 22.6 Å². The number of rotatable bonds is 30. The van der Waals surface area contributed by atoms with E-state index in [2.05, 4.69) is 58.8 Å². The van der Waals surface area contributed by atoms with E-state index in [4.69, 9.17) is 33.2 Å². The molecule has 20 nitrogen and oxygen atoms in total. The average molecular weight is 1070 g/mol. The van der Waals surface area contributed by atoms with Crippen molar-refractivity contribution in [2.24, 2.45) is 5.41 Å². The monoisotopic (exact) mass is 1060 g/mol. The van der Waals surface area contributed by atoms with Crippen molar-refractivity contribution in [2.75, 3.05) is 33.0 Å². The van der Waals surface area contributed by atoms with Gasteiger partial charge in [0.15, 0.2) is 0 Å². The third kappa shape index (κ3) is 24.1. The Bertz CT molecular complexity index is 2020. The fourth-order valence-electron chi connectivity index (χ4n) is 6.55. The smallest absolute Gasteiger partial charge is 0.407 e. The lowest BCUT2D eigenvalue weighted by Gasteiger charge is -2.33. The van der Waals surface area contributed by atoms with Gasteiger partial charge in [-0.05, 0) is 135 Å². The topological polar surface area (TPSA) is 220 Å². The number of unbranched alkanes of at least 4 members (excludes halogenated alkanes) is 2. The second-order valence-corrected chi connectivity index (χ2v) is 21.1. The largest absolute Gasteiger partial charge is 0.460 e. The summed E-state index contributed by atoms with van der Waals surface area (Å²) in [5.41, 5.74) is 0.576. The number of hydrogen-bond acceptors (Lipinski definition) is 16. The number of nitrogens with one attached hydrogen (secondary N) is 1. The van der Waals surface area contributed by atoms with Crippen molar-refractivity contribution in [3.8, 4) is 0 Å². The molecule has 0 bridgehead atoms. The van der Waals surface area contributed by atoms with E-state index < -0.39 is 28.3 Å². The maximum absolute atomic E-state index is 12.2. The summed E-state index contributed by atoms with van der Waals surface area (Å²) in [7, 11) is 0. The van der Waals surface area contributed by atoms with E-state index in [1.807, 2.05) is 105 Å². The third-order valence-electron chi connectivity index (χ3n) is 9.42. The van der Waals surface area contributed by atoms with Crippen molar-refractivity contribution >= 4 is 40.6 Å². The summed E-state index contributed by atoms with van der Waals surface area (Å²) in [6.45, 7) is 20.5. The van der Waals surface area contributed by atoms with Gasteiger partial charge in [0.2, 0.25) is 0 Å². The summed E-state index contributed by atoms with van der Waals surface area (Å²) in [5, 5.41) is 28.8. The van der Waals surface area contributed by atoms with Gasteiger partial charge in [-0.3, -0.25) is 23.6 Å². The van der Waals surface area contributed by atoms with Gasteiger partial charge in [0.05, 0.1) is 76.8 Å². The Morgan fingerprint density at radius 1 is 0.559 bits per heavy atom. The molecule has 3 aromatic heterocycles. The lowest BCUT2D eigenvalue weighted by Crippen LogP contribution is -2.41. The molecule has 0 saturated heterocycles. The molecule has 0 spiro atoms. The minimum absolute atomic E-state index is 0.179. The number of esters is 2. The first-order valence-electron chi connectivity index (χ1n) is 23.3. The second-order valence-electron chi connectivity index (χ2n) is 19.9. The summed E-state index contributed by atoms with van der Waals surface area (Å²) >= 11 is 2.28. The zero-order valence-electron chi connectivity index (χ0n) is 41.5. The Balaban J connectivity index is 1.42. The Hall–Kier alpha value is -4.58. The summed E-state index contributed by atoms with van der Waals surface area (Å²) < 4.78 is 47.7. The molecule has 0 fully saturated rings. The highest BCUT2D eigenvalue weighted by atomic mass is 127. The number of benzene rings is 1. The lowest BCUT2D eigenvalue weighted by atomic mass is 9.90. The molecular formula is C47H73IN10O10. The first kappa shape index (κ1) is 56.0. The Morgan fingerprint density at radius 2 is 1.00 bits per heavy atom. The molecule has 378 valence electrons. The number of ether oxygens (including phenoxy) is 7. The number of hydrogen-bond donors (Lipinski definition) is 1. The number of halogens is 1. The Morgan fingerprint density at radius 3 is 1.49 bits per heavy atom. The molecule has 1 N–H and O–H groups in total. The highest BCUT2D eigenvalue weighted by molar-refractivity contribution is 14.1. The van der Waals surface area contributed by atoms with Crippen molar-refractivity contribution in [1.29, 1.82) is 0 Å². The van der Waals surface area contributed by atoms with Gasteiger partial charge in [-0.2, -0.15) is 0 Å². The molecule has 4 rings (SSSR count).